The maximum atomic E-state index is 6.00. The van der Waals surface area contributed by atoms with Gasteiger partial charge in [0.15, 0.2) is 5.96 Å². The molecule has 0 spiro atoms. The molecule has 1 unspecified atom stereocenters. The van der Waals surface area contributed by atoms with E-state index in [1.165, 1.54) is 5.39 Å². The standard InChI is InChI=1S/C21H29N3O2.HI/c1-3-22-21(24-13-11-17(15-24)16-25-2)23-12-14-26-20-10-6-8-18-7-4-5-9-19(18)20;/h4-10,17H,3,11-16H2,1-2H3,(H,22,23);1H. The van der Waals surface area contributed by atoms with Gasteiger partial charge in [0.25, 0.3) is 0 Å². The molecule has 1 aliphatic heterocycles. The number of halogens is 1. The Morgan fingerprint density at radius 1 is 1.22 bits per heavy atom. The fourth-order valence-corrected chi connectivity index (χ4v) is 3.45. The fourth-order valence-electron chi connectivity index (χ4n) is 3.45. The number of nitrogens with one attached hydrogen (secondary N) is 1. The predicted octanol–water partition coefficient (Wildman–Crippen LogP) is 3.77. The molecule has 1 saturated heterocycles. The molecule has 2 aromatic rings. The average Bonchev–Trinajstić information content (AvgIpc) is 3.13. The molecule has 1 fully saturated rings. The van der Waals surface area contributed by atoms with E-state index in [1.54, 1.807) is 7.11 Å². The summed E-state index contributed by atoms with van der Waals surface area (Å²) in [5.41, 5.74) is 0. The number of fused-ring (bicyclic) bond motifs is 1. The Labute approximate surface area is 179 Å². The van der Waals surface area contributed by atoms with Crippen molar-refractivity contribution in [3.8, 4) is 5.75 Å². The number of benzene rings is 2. The van der Waals surface area contributed by atoms with Gasteiger partial charge in [-0.2, -0.15) is 0 Å². The van der Waals surface area contributed by atoms with Crippen molar-refractivity contribution >= 4 is 40.7 Å². The minimum absolute atomic E-state index is 0. The van der Waals surface area contributed by atoms with E-state index in [9.17, 15) is 0 Å². The Morgan fingerprint density at radius 3 is 2.85 bits per heavy atom. The lowest BCUT2D eigenvalue weighted by Crippen LogP contribution is -2.40. The van der Waals surface area contributed by atoms with Gasteiger partial charge in [-0.1, -0.05) is 36.4 Å². The van der Waals surface area contributed by atoms with E-state index in [1.807, 2.05) is 24.3 Å². The van der Waals surface area contributed by atoms with Gasteiger partial charge in [0.05, 0.1) is 13.2 Å². The van der Waals surface area contributed by atoms with Crippen molar-refractivity contribution in [2.75, 3.05) is 46.5 Å². The van der Waals surface area contributed by atoms with Crippen LogP contribution in [0.1, 0.15) is 13.3 Å². The third-order valence-corrected chi connectivity index (χ3v) is 4.68. The molecule has 0 saturated carbocycles. The van der Waals surface area contributed by atoms with Crippen LogP contribution in [0.2, 0.25) is 0 Å². The minimum atomic E-state index is 0. The van der Waals surface area contributed by atoms with Crippen molar-refractivity contribution in [2.45, 2.75) is 13.3 Å². The first-order valence-electron chi connectivity index (χ1n) is 9.44. The summed E-state index contributed by atoms with van der Waals surface area (Å²) in [6, 6.07) is 14.4. The Bertz CT molecular complexity index is 733. The summed E-state index contributed by atoms with van der Waals surface area (Å²) in [6.45, 7) is 7.03. The smallest absolute Gasteiger partial charge is 0.194 e. The lowest BCUT2D eigenvalue weighted by molar-refractivity contribution is 0.157. The Hall–Kier alpha value is -1.54. The van der Waals surface area contributed by atoms with Crippen LogP contribution in [0.15, 0.2) is 47.5 Å². The van der Waals surface area contributed by atoms with Crippen LogP contribution in [-0.2, 0) is 4.74 Å². The number of rotatable bonds is 7. The molecule has 0 aromatic heterocycles. The van der Waals surface area contributed by atoms with Crippen molar-refractivity contribution in [3.63, 3.8) is 0 Å². The van der Waals surface area contributed by atoms with Crippen molar-refractivity contribution in [1.29, 1.82) is 0 Å². The second-order valence-electron chi connectivity index (χ2n) is 6.62. The summed E-state index contributed by atoms with van der Waals surface area (Å²) in [5, 5.41) is 5.74. The zero-order chi connectivity index (χ0) is 18.2. The topological polar surface area (TPSA) is 46.1 Å². The highest BCUT2D eigenvalue weighted by Gasteiger charge is 2.24. The lowest BCUT2D eigenvalue weighted by atomic mass is 10.1. The summed E-state index contributed by atoms with van der Waals surface area (Å²) in [5.74, 6) is 2.49. The van der Waals surface area contributed by atoms with Gasteiger partial charge in [0.2, 0.25) is 0 Å². The van der Waals surface area contributed by atoms with Crippen LogP contribution < -0.4 is 10.1 Å². The Balaban J connectivity index is 0.00000261. The second-order valence-corrected chi connectivity index (χ2v) is 6.62. The van der Waals surface area contributed by atoms with Gasteiger partial charge < -0.3 is 19.7 Å². The second kappa shape index (κ2) is 11.3. The summed E-state index contributed by atoms with van der Waals surface area (Å²) in [7, 11) is 1.77. The highest BCUT2D eigenvalue weighted by Crippen LogP contribution is 2.25. The van der Waals surface area contributed by atoms with Crippen LogP contribution in [0.25, 0.3) is 10.8 Å². The van der Waals surface area contributed by atoms with E-state index in [2.05, 4.69) is 35.3 Å². The van der Waals surface area contributed by atoms with Crippen molar-refractivity contribution in [3.05, 3.63) is 42.5 Å². The lowest BCUT2D eigenvalue weighted by Gasteiger charge is -2.21. The molecule has 5 nitrogen and oxygen atoms in total. The Kier molecular flexibility index (Phi) is 9.14. The van der Waals surface area contributed by atoms with Crippen LogP contribution in [0, 0.1) is 5.92 Å². The predicted molar refractivity (Wildman–Crippen MR) is 122 cm³/mol. The van der Waals surface area contributed by atoms with E-state index >= 15 is 0 Å². The van der Waals surface area contributed by atoms with E-state index in [-0.39, 0.29) is 24.0 Å². The molecule has 0 aliphatic carbocycles. The number of ether oxygens (including phenoxy) is 2. The molecule has 0 bridgehead atoms. The van der Waals surface area contributed by atoms with Gasteiger partial charge >= 0.3 is 0 Å². The number of guanidine groups is 1. The van der Waals surface area contributed by atoms with Gasteiger partial charge in [0.1, 0.15) is 12.4 Å². The molecule has 1 N–H and O–H groups in total. The first-order valence-corrected chi connectivity index (χ1v) is 9.44. The van der Waals surface area contributed by atoms with Gasteiger partial charge in [-0.25, -0.2) is 4.99 Å². The molecule has 0 amide bonds. The zero-order valence-corrected chi connectivity index (χ0v) is 18.5. The van der Waals surface area contributed by atoms with E-state index in [4.69, 9.17) is 14.5 Å². The SMILES string of the molecule is CCNC(=NCCOc1cccc2ccccc12)N1CCC(COC)C1.I. The Morgan fingerprint density at radius 2 is 2.04 bits per heavy atom. The first-order chi connectivity index (χ1) is 12.8. The third-order valence-electron chi connectivity index (χ3n) is 4.68. The van der Waals surface area contributed by atoms with Gasteiger partial charge in [-0.05, 0) is 24.8 Å². The minimum Gasteiger partial charge on any atom is -0.491 e. The molecule has 1 heterocycles. The zero-order valence-electron chi connectivity index (χ0n) is 16.2. The van der Waals surface area contributed by atoms with Gasteiger partial charge in [-0.15, -0.1) is 24.0 Å². The van der Waals surface area contributed by atoms with Gasteiger partial charge in [0, 0.05) is 38.0 Å². The largest absolute Gasteiger partial charge is 0.491 e. The number of methoxy groups -OCH3 is 1. The molecular weight excluding hydrogens is 453 g/mol. The van der Waals surface area contributed by atoms with Crippen LogP contribution >= 0.6 is 24.0 Å². The molecule has 0 radical (unpaired) electrons. The van der Waals surface area contributed by atoms with Crippen LogP contribution in [0.4, 0.5) is 0 Å². The number of aliphatic imine (C=N–C) groups is 1. The summed E-state index contributed by atoms with van der Waals surface area (Å²) in [6.07, 6.45) is 1.16. The van der Waals surface area contributed by atoms with Crippen molar-refractivity contribution in [1.82, 2.24) is 10.2 Å². The maximum Gasteiger partial charge on any atom is 0.194 e. The quantitative estimate of drug-likeness (QED) is 0.282. The normalized spacial score (nSPS) is 17.0. The molecule has 2 aromatic carbocycles. The van der Waals surface area contributed by atoms with Crippen molar-refractivity contribution < 1.29 is 9.47 Å². The first kappa shape index (κ1) is 21.8. The van der Waals surface area contributed by atoms with E-state index in [0.29, 0.717) is 19.1 Å². The highest BCUT2D eigenvalue weighted by atomic mass is 127. The molecule has 1 aliphatic rings. The maximum absolute atomic E-state index is 6.00. The number of hydrogen-bond acceptors (Lipinski definition) is 3. The molecule has 6 heteroatoms. The molecule has 148 valence electrons. The summed E-state index contributed by atoms with van der Waals surface area (Å²) < 4.78 is 11.3. The summed E-state index contributed by atoms with van der Waals surface area (Å²) >= 11 is 0. The summed E-state index contributed by atoms with van der Waals surface area (Å²) in [4.78, 5) is 7.08. The number of hydrogen-bond donors (Lipinski definition) is 1. The fraction of sp³-hybridized carbons (Fsp3) is 0.476. The molecule has 27 heavy (non-hydrogen) atoms. The number of likely N-dealkylation sites (tertiary alicyclic amines) is 1. The van der Waals surface area contributed by atoms with Crippen LogP contribution in [-0.4, -0.2) is 57.4 Å². The van der Waals surface area contributed by atoms with Crippen LogP contribution in [0.5, 0.6) is 5.75 Å². The monoisotopic (exact) mass is 483 g/mol. The van der Waals surface area contributed by atoms with Crippen molar-refractivity contribution in [2.24, 2.45) is 10.9 Å². The van der Waals surface area contributed by atoms with Gasteiger partial charge in [-0.3, -0.25) is 0 Å². The third kappa shape index (κ3) is 5.97. The number of nitrogens with zero attached hydrogens (tertiary/aromatic N) is 2. The average molecular weight is 483 g/mol. The van der Waals surface area contributed by atoms with Crippen LogP contribution in [0.3, 0.4) is 0 Å². The van der Waals surface area contributed by atoms with E-state index < -0.39 is 0 Å². The highest BCUT2D eigenvalue weighted by molar-refractivity contribution is 14.0. The van der Waals surface area contributed by atoms with E-state index in [0.717, 1.165) is 49.8 Å². The molecular formula is C21H30IN3O2. The molecule has 1 atom stereocenters. The molecule has 3 rings (SSSR count).